The van der Waals surface area contributed by atoms with E-state index in [9.17, 15) is 0 Å². The summed E-state index contributed by atoms with van der Waals surface area (Å²) in [4.78, 5) is 2.47. The van der Waals surface area contributed by atoms with Crippen LogP contribution in [0, 0.1) is 6.92 Å². The van der Waals surface area contributed by atoms with E-state index in [2.05, 4.69) is 59.8 Å². The fraction of sp³-hybridized carbons (Fsp3) is 0.571. The molecule has 0 aliphatic carbocycles. The van der Waals surface area contributed by atoms with Crippen LogP contribution < -0.4 is 4.74 Å². The van der Waals surface area contributed by atoms with Crippen molar-refractivity contribution in [3.05, 3.63) is 28.2 Å². The Morgan fingerprint density at radius 2 is 2.18 bits per heavy atom. The van der Waals surface area contributed by atoms with Gasteiger partial charge in [-0.05, 0) is 60.8 Å². The van der Waals surface area contributed by atoms with Gasteiger partial charge in [0, 0.05) is 19.1 Å². The van der Waals surface area contributed by atoms with Gasteiger partial charge >= 0.3 is 0 Å². The zero-order chi connectivity index (χ0) is 12.4. The fourth-order valence-electron chi connectivity index (χ4n) is 2.20. The Hall–Kier alpha value is -0.540. The first-order chi connectivity index (χ1) is 8.06. The number of hydrogen-bond acceptors (Lipinski definition) is 2. The number of hydrogen-bond donors (Lipinski definition) is 0. The van der Waals surface area contributed by atoms with E-state index in [0.717, 1.165) is 29.7 Å². The first kappa shape index (κ1) is 12.9. The summed E-state index contributed by atoms with van der Waals surface area (Å²) >= 11 is 3.56. The number of aryl methyl sites for hydroxylation is 1. The summed E-state index contributed by atoms with van der Waals surface area (Å²) in [6.07, 6.45) is 1.45. The van der Waals surface area contributed by atoms with Gasteiger partial charge in [0.15, 0.2) is 0 Å². The molecule has 17 heavy (non-hydrogen) atoms. The maximum atomic E-state index is 6.05. The molecule has 0 amide bonds. The van der Waals surface area contributed by atoms with Crippen LogP contribution in [-0.4, -0.2) is 30.1 Å². The van der Waals surface area contributed by atoms with Crippen LogP contribution in [0.1, 0.15) is 25.8 Å². The third kappa shape index (κ3) is 3.23. The lowest BCUT2D eigenvalue weighted by molar-refractivity contribution is 0.186. The molecule has 1 saturated heterocycles. The monoisotopic (exact) mass is 297 g/mol. The van der Waals surface area contributed by atoms with Gasteiger partial charge in [-0.15, -0.1) is 0 Å². The van der Waals surface area contributed by atoms with Crippen molar-refractivity contribution in [2.75, 3.05) is 13.1 Å². The minimum atomic E-state index is 0.330. The Morgan fingerprint density at radius 3 is 2.76 bits per heavy atom. The van der Waals surface area contributed by atoms with Crippen LogP contribution in [0.3, 0.4) is 0 Å². The summed E-state index contributed by atoms with van der Waals surface area (Å²) in [5, 5.41) is 0. The molecule has 1 atom stereocenters. The average Bonchev–Trinajstić information content (AvgIpc) is 2.71. The van der Waals surface area contributed by atoms with Gasteiger partial charge in [-0.2, -0.15) is 0 Å². The Balaban J connectivity index is 1.98. The van der Waals surface area contributed by atoms with E-state index in [1.54, 1.807) is 0 Å². The first-order valence-corrected chi connectivity index (χ1v) is 7.02. The second kappa shape index (κ2) is 5.40. The van der Waals surface area contributed by atoms with E-state index in [1.165, 1.54) is 5.56 Å². The van der Waals surface area contributed by atoms with Gasteiger partial charge in [0.2, 0.25) is 0 Å². The van der Waals surface area contributed by atoms with Gasteiger partial charge in [-0.25, -0.2) is 0 Å². The number of halogens is 1. The van der Waals surface area contributed by atoms with Crippen molar-refractivity contribution in [1.82, 2.24) is 4.90 Å². The number of benzene rings is 1. The molecule has 0 spiro atoms. The molecule has 94 valence electrons. The average molecular weight is 298 g/mol. The smallest absolute Gasteiger partial charge is 0.133 e. The van der Waals surface area contributed by atoms with Crippen molar-refractivity contribution >= 4 is 15.9 Å². The lowest BCUT2D eigenvalue weighted by Gasteiger charge is -2.20. The number of likely N-dealkylation sites (tertiary alicyclic amines) is 1. The van der Waals surface area contributed by atoms with Crippen molar-refractivity contribution in [3.8, 4) is 5.75 Å². The van der Waals surface area contributed by atoms with Crippen molar-refractivity contribution in [2.45, 2.75) is 39.3 Å². The van der Waals surface area contributed by atoms with Gasteiger partial charge < -0.3 is 4.74 Å². The quantitative estimate of drug-likeness (QED) is 0.845. The van der Waals surface area contributed by atoms with Gasteiger partial charge in [0.25, 0.3) is 0 Å². The van der Waals surface area contributed by atoms with E-state index < -0.39 is 0 Å². The van der Waals surface area contributed by atoms with Gasteiger partial charge in [-0.3, -0.25) is 4.90 Å². The molecule has 0 N–H and O–H groups in total. The minimum Gasteiger partial charge on any atom is -0.488 e. The maximum Gasteiger partial charge on any atom is 0.133 e. The molecule has 1 aliphatic rings. The highest BCUT2D eigenvalue weighted by Gasteiger charge is 2.25. The largest absolute Gasteiger partial charge is 0.488 e. The Bertz CT molecular complexity index is 392. The molecular weight excluding hydrogens is 278 g/mol. The molecule has 1 aromatic carbocycles. The van der Waals surface area contributed by atoms with Crippen LogP contribution in [0.4, 0.5) is 0 Å². The van der Waals surface area contributed by atoms with E-state index in [1.807, 2.05) is 0 Å². The lowest BCUT2D eigenvalue weighted by Crippen LogP contribution is -2.30. The molecular formula is C14H20BrNO. The molecule has 1 heterocycles. The topological polar surface area (TPSA) is 12.5 Å². The van der Waals surface area contributed by atoms with Crippen molar-refractivity contribution < 1.29 is 4.74 Å². The predicted octanol–water partition coefficient (Wildman–Crippen LogP) is 3.62. The summed E-state index contributed by atoms with van der Waals surface area (Å²) in [5.74, 6) is 0.964. The molecule has 0 radical (unpaired) electrons. The Morgan fingerprint density at radius 1 is 1.41 bits per heavy atom. The highest BCUT2D eigenvalue weighted by molar-refractivity contribution is 9.10. The maximum absolute atomic E-state index is 6.05. The van der Waals surface area contributed by atoms with E-state index >= 15 is 0 Å². The molecule has 0 bridgehead atoms. The molecule has 2 nitrogen and oxygen atoms in total. The van der Waals surface area contributed by atoms with Crippen molar-refractivity contribution in [1.29, 1.82) is 0 Å². The highest BCUT2D eigenvalue weighted by Crippen LogP contribution is 2.28. The van der Waals surface area contributed by atoms with Crippen LogP contribution >= 0.6 is 15.9 Å². The van der Waals surface area contributed by atoms with E-state index in [-0.39, 0.29) is 0 Å². The standard InChI is InChI=1S/C14H20BrNO/c1-10(2)16-7-6-12(9-16)17-14-5-4-11(3)8-13(14)15/h4-5,8,10,12H,6-7,9H2,1-3H3. The minimum absolute atomic E-state index is 0.330. The molecule has 0 aromatic heterocycles. The summed E-state index contributed by atoms with van der Waals surface area (Å²) in [5.41, 5.74) is 1.25. The second-order valence-electron chi connectivity index (χ2n) is 5.05. The normalized spacial score (nSPS) is 21.1. The SMILES string of the molecule is Cc1ccc(OC2CCN(C(C)C)C2)c(Br)c1. The molecule has 0 saturated carbocycles. The highest BCUT2D eigenvalue weighted by atomic mass is 79.9. The summed E-state index contributed by atoms with van der Waals surface area (Å²) < 4.78 is 7.11. The molecule has 1 fully saturated rings. The van der Waals surface area contributed by atoms with Gasteiger partial charge in [-0.1, -0.05) is 6.07 Å². The third-order valence-electron chi connectivity index (χ3n) is 3.29. The van der Waals surface area contributed by atoms with Crippen LogP contribution in [0.2, 0.25) is 0 Å². The summed E-state index contributed by atoms with van der Waals surface area (Å²) in [7, 11) is 0. The molecule has 2 rings (SSSR count). The molecule has 1 unspecified atom stereocenters. The van der Waals surface area contributed by atoms with Gasteiger partial charge in [0.05, 0.1) is 4.47 Å². The zero-order valence-corrected chi connectivity index (χ0v) is 12.3. The molecule has 3 heteroatoms. The summed E-state index contributed by atoms with van der Waals surface area (Å²) in [6.45, 7) is 8.75. The van der Waals surface area contributed by atoms with Crippen LogP contribution in [0.25, 0.3) is 0 Å². The van der Waals surface area contributed by atoms with Crippen molar-refractivity contribution in [3.63, 3.8) is 0 Å². The van der Waals surface area contributed by atoms with E-state index in [4.69, 9.17) is 4.74 Å². The second-order valence-corrected chi connectivity index (χ2v) is 5.91. The fourth-order valence-corrected chi connectivity index (χ4v) is 2.79. The van der Waals surface area contributed by atoms with Crippen LogP contribution in [-0.2, 0) is 0 Å². The Labute approximate surface area is 112 Å². The van der Waals surface area contributed by atoms with E-state index in [0.29, 0.717) is 12.1 Å². The van der Waals surface area contributed by atoms with Crippen LogP contribution in [0.15, 0.2) is 22.7 Å². The Kier molecular flexibility index (Phi) is 4.10. The first-order valence-electron chi connectivity index (χ1n) is 6.23. The van der Waals surface area contributed by atoms with Crippen LogP contribution in [0.5, 0.6) is 5.75 Å². The predicted molar refractivity (Wildman–Crippen MR) is 74.6 cm³/mol. The number of nitrogens with zero attached hydrogens (tertiary/aromatic N) is 1. The number of rotatable bonds is 3. The third-order valence-corrected chi connectivity index (χ3v) is 3.91. The van der Waals surface area contributed by atoms with Gasteiger partial charge in [0.1, 0.15) is 11.9 Å². The molecule has 1 aromatic rings. The summed E-state index contributed by atoms with van der Waals surface area (Å²) in [6, 6.07) is 6.86. The zero-order valence-electron chi connectivity index (χ0n) is 10.7. The molecule has 1 aliphatic heterocycles. The number of ether oxygens (including phenoxy) is 1. The van der Waals surface area contributed by atoms with Crippen molar-refractivity contribution in [2.24, 2.45) is 0 Å². The lowest BCUT2D eigenvalue weighted by atomic mass is 10.2.